The van der Waals surface area contributed by atoms with Crippen LogP contribution < -0.4 is 5.32 Å². The van der Waals surface area contributed by atoms with Gasteiger partial charge in [0, 0.05) is 37.1 Å². The van der Waals surface area contributed by atoms with Crippen LogP contribution in [0.4, 0.5) is 23.5 Å². The number of rotatable bonds is 5. The van der Waals surface area contributed by atoms with Gasteiger partial charge in [-0.05, 0) is 39.6 Å². The summed E-state index contributed by atoms with van der Waals surface area (Å²) < 4.78 is 53.8. The average Bonchev–Trinajstić information content (AvgIpc) is 3.17. The van der Waals surface area contributed by atoms with E-state index in [1.54, 1.807) is 4.90 Å². The number of carbonyl (C=O) groups is 1. The van der Waals surface area contributed by atoms with Gasteiger partial charge in [-0.15, -0.1) is 0 Å². The smallest absolute Gasteiger partial charge is 0.348 e. The first-order valence-electron chi connectivity index (χ1n) is 9.47. The van der Waals surface area contributed by atoms with E-state index in [2.05, 4.69) is 20.2 Å². The third kappa shape index (κ3) is 4.69. The van der Waals surface area contributed by atoms with Crippen molar-refractivity contribution in [2.24, 2.45) is 0 Å². The third-order valence-corrected chi connectivity index (χ3v) is 5.22. The molecule has 2 heterocycles. The Kier molecular flexibility index (Phi) is 6.25. The maximum atomic E-state index is 14.1. The first kappa shape index (κ1) is 21.9. The highest BCUT2D eigenvalue weighted by molar-refractivity contribution is 5.93. The van der Waals surface area contributed by atoms with Gasteiger partial charge in [-0.1, -0.05) is 6.07 Å². The number of halogens is 4. The molecule has 3 rings (SSSR count). The van der Waals surface area contributed by atoms with Crippen LogP contribution in [0.3, 0.4) is 0 Å². The number of aromatic nitrogens is 2. The highest BCUT2D eigenvalue weighted by Crippen LogP contribution is 2.36. The van der Waals surface area contributed by atoms with Crippen molar-refractivity contribution < 1.29 is 22.4 Å². The molecule has 1 N–H and O–H groups in total. The van der Waals surface area contributed by atoms with E-state index in [0.717, 1.165) is 24.6 Å². The molecule has 1 aromatic carbocycles. The number of nitrogens with one attached hydrogen (secondary N) is 1. The molecular weight excluding hydrogens is 402 g/mol. The number of nitrogens with zero attached hydrogens (tertiary/aromatic N) is 4. The number of likely N-dealkylation sites (tertiary alicyclic amines) is 1. The number of likely N-dealkylation sites (N-methyl/N-ethyl adjacent to an activating group) is 1. The van der Waals surface area contributed by atoms with Crippen molar-refractivity contribution in [3.05, 3.63) is 53.1 Å². The predicted octanol–water partition coefficient (Wildman–Crippen LogP) is 3.58. The second kappa shape index (κ2) is 8.55. The van der Waals surface area contributed by atoms with Crippen molar-refractivity contribution in [2.45, 2.75) is 31.6 Å². The summed E-state index contributed by atoms with van der Waals surface area (Å²) >= 11 is 0. The van der Waals surface area contributed by atoms with Gasteiger partial charge in [0.25, 0.3) is 5.91 Å². The quantitative estimate of drug-likeness (QED) is 0.742. The molecule has 2 atom stereocenters. The summed E-state index contributed by atoms with van der Waals surface area (Å²) in [5, 5.41) is 2.68. The topological polar surface area (TPSA) is 61.4 Å². The van der Waals surface area contributed by atoms with Crippen LogP contribution in [0.25, 0.3) is 0 Å². The lowest BCUT2D eigenvalue weighted by molar-refractivity contribution is -0.138. The van der Waals surface area contributed by atoms with E-state index in [1.165, 1.54) is 19.3 Å². The van der Waals surface area contributed by atoms with Crippen LogP contribution in [0.2, 0.25) is 0 Å². The molecule has 30 heavy (non-hydrogen) atoms. The molecule has 1 aromatic heterocycles. The summed E-state index contributed by atoms with van der Waals surface area (Å²) in [6.07, 6.45) is -1.18. The van der Waals surface area contributed by atoms with Crippen LogP contribution in [0.5, 0.6) is 0 Å². The van der Waals surface area contributed by atoms with Crippen LogP contribution in [0.15, 0.2) is 30.6 Å². The Balaban J connectivity index is 1.72. The van der Waals surface area contributed by atoms with Crippen molar-refractivity contribution in [2.75, 3.05) is 32.5 Å². The maximum absolute atomic E-state index is 14.1. The normalized spacial score (nSPS) is 18.0. The molecule has 0 saturated carbocycles. The second-order valence-corrected chi connectivity index (χ2v) is 7.52. The summed E-state index contributed by atoms with van der Waals surface area (Å²) in [5.41, 5.74) is -1.28. The predicted molar refractivity (Wildman–Crippen MR) is 103 cm³/mol. The Labute approximate surface area is 171 Å². The van der Waals surface area contributed by atoms with Crippen LogP contribution in [0.1, 0.15) is 40.9 Å². The van der Waals surface area contributed by atoms with Crippen LogP contribution in [-0.4, -0.2) is 58.9 Å². The van der Waals surface area contributed by atoms with Gasteiger partial charge in [-0.3, -0.25) is 4.79 Å². The molecule has 2 aromatic rings. The Bertz CT molecular complexity index is 901. The Morgan fingerprint density at radius 1 is 1.27 bits per heavy atom. The third-order valence-electron chi connectivity index (χ3n) is 5.22. The number of hydrogen-bond acceptors (Lipinski definition) is 5. The number of hydrogen-bond donors (Lipinski definition) is 1. The van der Waals surface area contributed by atoms with Crippen molar-refractivity contribution in [1.82, 2.24) is 19.8 Å². The Morgan fingerprint density at radius 3 is 2.50 bits per heavy atom. The molecule has 0 radical (unpaired) electrons. The zero-order valence-corrected chi connectivity index (χ0v) is 16.9. The van der Waals surface area contributed by atoms with Gasteiger partial charge in [0.2, 0.25) is 5.95 Å². The molecule has 1 aliphatic rings. The minimum Gasteiger partial charge on any atom is -0.348 e. The lowest BCUT2D eigenvalue weighted by Crippen LogP contribution is -2.34. The maximum Gasteiger partial charge on any atom is 0.416 e. The Morgan fingerprint density at radius 2 is 1.93 bits per heavy atom. The standard InChI is InChI=1S/C20H23F4N5O/c1-12(17-15(20(22,23)24)5-4-6-16(17)21)27-19-25-9-13(10-26-19)18(30)29-8-7-14(11-29)28(2)3/h4-6,9-10,12,14H,7-8,11H2,1-3H3,(H,25,26,27). The van der Waals surface area contributed by atoms with Crippen LogP contribution in [0, 0.1) is 5.82 Å². The van der Waals surface area contributed by atoms with E-state index in [1.807, 2.05) is 14.1 Å². The van der Waals surface area contributed by atoms with Crippen molar-refractivity contribution in [3.63, 3.8) is 0 Å². The average molecular weight is 425 g/mol. The molecule has 162 valence electrons. The highest BCUT2D eigenvalue weighted by Gasteiger charge is 2.36. The summed E-state index contributed by atoms with van der Waals surface area (Å²) in [4.78, 5) is 24.4. The molecule has 0 bridgehead atoms. The Hall–Kier alpha value is -2.75. The summed E-state index contributed by atoms with van der Waals surface area (Å²) in [7, 11) is 3.92. The van der Waals surface area contributed by atoms with E-state index in [-0.39, 0.29) is 17.4 Å². The second-order valence-electron chi connectivity index (χ2n) is 7.52. The molecule has 1 fully saturated rings. The number of anilines is 1. The van der Waals surface area contributed by atoms with Crippen molar-refractivity contribution in [1.29, 1.82) is 0 Å². The van der Waals surface area contributed by atoms with E-state index in [9.17, 15) is 22.4 Å². The van der Waals surface area contributed by atoms with Crippen LogP contribution >= 0.6 is 0 Å². The van der Waals surface area contributed by atoms with Gasteiger partial charge < -0.3 is 15.1 Å². The fourth-order valence-corrected chi connectivity index (χ4v) is 3.53. The van der Waals surface area contributed by atoms with Gasteiger partial charge in [0.15, 0.2) is 0 Å². The zero-order valence-electron chi connectivity index (χ0n) is 16.9. The van der Waals surface area contributed by atoms with Crippen molar-refractivity contribution >= 4 is 11.9 Å². The lowest BCUT2D eigenvalue weighted by atomic mass is 10.0. The molecule has 10 heteroatoms. The fraction of sp³-hybridized carbons (Fsp3) is 0.450. The molecular formula is C20H23F4N5O. The first-order valence-corrected chi connectivity index (χ1v) is 9.47. The molecule has 1 saturated heterocycles. The molecule has 0 aliphatic carbocycles. The molecule has 2 unspecified atom stereocenters. The SMILES string of the molecule is CC(Nc1ncc(C(=O)N2CCC(N(C)C)C2)cn1)c1c(F)cccc1C(F)(F)F. The van der Waals surface area contributed by atoms with Gasteiger partial charge in [0.1, 0.15) is 5.82 Å². The molecule has 0 spiro atoms. The number of alkyl halides is 3. The van der Waals surface area contributed by atoms with E-state index < -0.39 is 29.2 Å². The fourth-order valence-electron chi connectivity index (χ4n) is 3.53. The number of benzene rings is 1. The van der Waals surface area contributed by atoms with Gasteiger partial charge >= 0.3 is 6.18 Å². The van der Waals surface area contributed by atoms with Gasteiger partial charge in [0.05, 0.1) is 17.2 Å². The summed E-state index contributed by atoms with van der Waals surface area (Å²) in [6.45, 7) is 2.63. The first-order chi connectivity index (χ1) is 14.1. The summed E-state index contributed by atoms with van der Waals surface area (Å²) in [5.74, 6) is -1.17. The van der Waals surface area contributed by atoms with E-state index in [0.29, 0.717) is 19.1 Å². The van der Waals surface area contributed by atoms with Gasteiger partial charge in [-0.25, -0.2) is 14.4 Å². The number of amides is 1. The monoisotopic (exact) mass is 425 g/mol. The van der Waals surface area contributed by atoms with Crippen molar-refractivity contribution in [3.8, 4) is 0 Å². The lowest BCUT2D eigenvalue weighted by Gasteiger charge is -2.21. The molecule has 6 nitrogen and oxygen atoms in total. The van der Waals surface area contributed by atoms with Crippen LogP contribution in [-0.2, 0) is 6.18 Å². The number of carbonyl (C=O) groups excluding carboxylic acids is 1. The zero-order chi connectivity index (χ0) is 22.1. The largest absolute Gasteiger partial charge is 0.416 e. The van der Waals surface area contributed by atoms with Gasteiger partial charge in [-0.2, -0.15) is 13.2 Å². The highest BCUT2D eigenvalue weighted by atomic mass is 19.4. The minimum absolute atomic E-state index is 0.00279. The van der Waals surface area contributed by atoms with E-state index >= 15 is 0 Å². The van der Waals surface area contributed by atoms with E-state index in [4.69, 9.17) is 0 Å². The molecule has 1 amide bonds. The summed E-state index contributed by atoms with van der Waals surface area (Å²) in [6, 6.07) is 2.08. The minimum atomic E-state index is -4.69. The molecule has 1 aliphatic heterocycles.